The van der Waals surface area contributed by atoms with E-state index in [0.717, 1.165) is 22.5 Å². The van der Waals surface area contributed by atoms with Crippen molar-refractivity contribution in [3.05, 3.63) is 53.6 Å². The zero-order chi connectivity index (χ0) is 20.4. The molecule has 1 fully saturated rings. The van der Waals surface area contributed by atoms with Crippen LogP contribution in [0.3, 0.4) is 0 Å². The predicted molar refractivity (Wildman–Crippen MR) is 106 cm³/mol. The van der Waals surface area contributed by atoms with E-state index < -0.39 is 0 Å². The zero-order valence-electron chi connectivity index (χ0n) is 16.2. The molecule has 0 unspecified atom stereocenters. The molecule has 1 aromatic carbocycles. The highest BCUT2D eigenvalue weighted by Crippen LogP contribution is 2.21. The lowest BCUT2D eigenvalue weighted by atomic mass is 10.1. The molecule has 0 saturated carbocycles. The SMILES string of the molecule is Cc1noc(NC(=O)N2CCN(c3nccc(-c4ccc(F)cc4)n3)CC2)c1C. The van der Waals surface area contributed by atoms with Crippen LogP contribution in [0.15, 0.2) is 41.1 Å². The maximum Gasteiger partial charge on any atom is 0.324 e. The highest BCUT2D eigenvalue weighted by atomic mass is 19.1. The third-order valence-electron chi connectivity index (χ3n) is 5.01. The molecule has 0 atom stereocenters. The van der Waals surface area contributed by atoms with Gasteiger partial charge in [0.05, 0.1) is 11.4 Å². The fourth-order valence-corrected chi connectivity index (χ4v) is 3.10. The molecule has 4 rings (SSSR count). The molecular formula is C20H21FN6O2. The number of aromatic nitrogens is 3. The van der Waals surface area contributed by atoms with Crippen LogP contribution in [0.4, 0.5) is 21.0 Å². The van der Waals surface area contributed by atoms with Crippen molar-refractivity contribution in [3.63, 3.8) is 0 Å². The Morgan fingerprint density at radius 1 is 1.10 bits per heavy atom. The standard InChI is InChI=1S/C20H21FN6O2/c1-13-14(2)25-29-18(13)24-20(28)27-11-9-26(10-12-27)19-22-8-7-17(23-19)15-3-5-16(21)6-4-15/h3-8H,9-12H2,1-2H3,(H,24,28). The monoisotopic (exact) mass is 396 g/mol. The number of halogens is 1. The van der Waals surface area contributed by atoms with Gasteiger partial charge >= 0.3 is 6.03 Å². The van der Waals surface area contributed by atoms with Gasteiger partial charge in [0.2, 0.25) is 11.8 Å². The van der Waals surface area contributed by atoms with Gasteiger partial charge in [-0.15, -0.1) is 0 Å². The molecule has 3 heterocycles. The van der Waals surface area contributed by atoms with E-state index in [4.69, 9.17) is 4.52 Å². The fraction of sp³-hybridized carbons (Fsp3) is 0.300. The Morgan fingerprint density at radius 2 is 1.83 bits per heavy atom. The van der Waals surface area contributed by atoms with Gasteiger partial charge < -0.3 is 14.3 Å². The first-order valence-corrected chi connectivity index (χ1v) is 9.34. The van der Waals surface area contributed by atoms with Crippen molar-refractivity contribution >= 4 is 17.9 Å². The second-order valence-corrected chi connectivity index (χ2v) is 6.88. The van der Waals surface area contributed by atoms with Crippen molar-refractivity contribution < 1.29 is 13.7 Å². The number of hydrogen-bond donors (Lipinski definition) is 1. The van der Waals surface area contributed by atoms with Gasteiger partial charge in [-0.25, -0.2) is 19.2 Å². The molecule has 0 bridgehead atoms. The highest BCUT2D eigenvalue weighted by molar-refractivity contribution is 5.88. The van der Waals surface area contributed by atoms with E-state index in [-0.39, 0.29) is 11.8 Å². The molecule has 2 aromatic heterocycles. The summed E-state index contributed by atoms with van der Waals surface area (Å²) < 4.78 is 18.3. The van der Waals surface area contributed by atoms with Crippen molar-refractivity contribution in [2.45, 2.75) is 13.8 Å². The van der Waals surface area contributed by atoms with Gasteiger partial charge in [-0.2, -0.15) is 0 Å². The molecule has 1 aliphatic rings. The lowest BCUT2D eigenvalue weighted by Crippen LogP contribution is -2.50. The Hall–Kier alpha value is -3.49. The Labute approximate surface area is 167 Å². The van der Waals surface area contributed by atoms with Crippen molar-refractivity contribution in [1.29, 1.82) is 0 Å². The molecule has 0 radical (unpaired) electrons. The summed E-state index contributed by atoms with van der Waals surface area (Å²) in [6, 6.07) is 7.78. The normalized spacial score (nSPS) is 14.2. The maximum absolute atomic E-state index is 13.1. The number of urea groups is 1. The number of piperazine rings is 1. The first-order chi connectivity index (χ1) is 14.0. The summed E-state index contributed by atoms with van der Waals surface area (Å²) >= 11 is 0. The number of hydrogen-bond acceptors (Lipinski definition) is 6. The van der Waals surface area contributed by atoms with E-state index in [1.807, 2.05) is 18.7 Å². The van der Waals surface area contributed by atoms with Crippen LogP contribution in [-0.2, 0) is 0 Å². The van der Waals surface area contributed by atoms with E-state index in [1.54, 1.807) is 29.3 Å². The van der Waals surface area contributed by atoms with Gasteiger partial charge in [0, 0.05) is 43.5 Å². The van der Waals surface area contributed by atoms with E-state index in [9.17, 15) is 9.18 Å². The smallest absolute Gasteiger partial charge is 0.324 e. The first-order valence-electron chi connectivity index (χ1n) is 9.34. The highest BCUT2D eigenvalue weighted by Gasteiger charge is 2.24. The van der Waals surface area contributed by atoms with Crippen LogP contribution in [0.1, 0.15) is 11.3 Å². The van der Waals surface area contributed by atoms with Crippen molar-refractivity contribution in [2.24, 2.45) is 0 Å². The number of carbonyl (C=O) groups excluding carboxylic acids is 1. The maximum atomic E-state index is 13.1. The Morgan fingerprint density at radius 3 is 2.48 bits per heavy atom. The summed E-state index contributed by atoms with van der Waals surface area (Å²) in [5.74, 6) is 0.687. The van der Waals surface area contributed by atoms with Crippen LogP contribution >= 0.6 is 0 Å². The third kappa shape index (κ3) is 4.03. The van der Waals surface area contributed by atoms with Gasteiger partial charge in [0.15, 0.2) is 0 Å². The van der Waals surface area contributed by atoms with Gasteiger partial charge in [-0.3, -0.25) is 5.32 Å². The van der Waals surface area contributed by atoms with E-state index in [1.165, 1.54) is 12.1 Å². The fourth-order valence-electron chi connectivity index (χ4n) is 3.10. The average Bonchev–Trinajstić information content (AvgIpc) is 3.06. The van der Waals surface area contributed by atoms with Gasteiger partial charge in [0.1, 0.15) is 5.82 Å². The van der Waals surface area contributed by atoms with E-state index in [0.29, 0.717) is 38.0 Å². The van der Waals surface area contributed by atoms with Crippen LogP contribution in [0.25, 0.3) is 11.3 Å². The number of rotatable bonds is 3. The summed E-state index contributed by atoms with van der Waals surface area (Å²) in [4.78, 5) is 25.2. The molecule has 150 valence electrons. The van der Waals surface area contributed by atoms with Crippen molar-refractivity contribution in [2.75, 3.05) is 36.4 Å². The molecular weight excluding hydrogens is 375 g/mol. The van der Waals surface area contributed by atoms with Gasteiger partial charge in [-0.1, -0.05) is 5.16 Å². The molecule has 8 nitrogen and oxygen atoms in total. The summed E-state index contributed by atoms with van der Waals surface area (Å²) in [6.45, 7) is 5.95. The third-order valence-corrected chi connectivity index (χ3v) is 5.01. The molecule has 3 aromatic rings. The second-order valence-electron chi connectivity index (χ2n) is 6.88. The molecule has 29 heavy (non-hydrogen) atoms. The lowest BCUT2D eigenvalue weighted by molar-refractivity contribution is 0.207. The quantitative estimate of drug-likeness (QED) is 0.731. The number of nitrogens with zero attached hydrogens (tertiary/aromatic N) is 5. The molecule has 1 aliphatic heterocycles. The molecule has 1 N–H and O–H groups in total. The van der Waals surface area contributed by atoms with Crippen LogP contribution in [0, 0.1) is 19.7 Å². The number of nitrogens with one attached hydrogen (secondary N) is 1. The van der Waals surface area contributed by atoms with Gasteiger partial charge in [-0.05, 0) is 44.2 Å². The van der Waals surface area contributed by atoms with E-state index in [2.05, 4.69) is 20.4 Å². The summed E-state index contributed by atoms with van der Waals surface area (Å²) in [6.07, 6.45) is 1.69. The zero-order valence-corrected chi connectivity index (χ0v) is 16.2. The Balaban J connectivity index is 1.39. The topological polar surface area (TPSA) is 87.4 Å². The summed E-state index contributed by atoms with van der Waals surface area (Å²) in [5, 5.41) is 6.62. The van der Waals surface area contributed by atoms with Crippen LogP contribution < -0.4 is 10.2 Å². The predicted octanol–water partition coefficient (Wildman–Crippen LogP) is 3.24. The number of aryl methyl sites for hydroxylation is 1. The second kappa shape index (κ2) is 7.86. The minimum Gasteiger partial charge on any atom is -0.338 e. The van der Waals surface area contributed by atoms with Crippen LogP contribution in [0.5, 0.6) is 0 Å². The number of carbonyl (C=O) groups is 1. The minimum absolute atomic E-state index is 0.218. The lowest BCUT2D eigenvalue weighted by Gasteiger charge is -2.34. The first kappa shape index (κ1) is 18.9. The number of anilines is 2. The van der Waals surface area contributed by atoms with Gasteiger partial charge in [0.25, 0.3) is 0 Å². The summed E-state index contributed by atoms with van der Waals surface area (Å²) in [5.41, 5.74) is 3.13. The molecule has 2 amide bonds. The Kier molecular flexibility index (Phi) is 5.11. The van der Waals surface area contributed by atoms with Crippen molar-refractivity contribution in [1.82, 2.24) is 20.0 Å². The van der Waals surface area contributed by atoms with Crippen LogP contribution in [-0.4, -0.2) is 52.2 Å². The minimum atomic E-state index is -0.284. The molecule has 1 saturated heterocycles. The molecule has 9 heteroatoms. The van der Waals surface area contributed by atoms with Crippen molar-refractivity contribution in [3.8, 4) is 11.3 Å². The number of benzene rings is 1. The van der Waals surface area contributed by atoms with E-state index >= 15 is 0 Å². The summed E-state index contributed by atoms with van der Waals surface area (Å²) in [7, 11) is 0. The average molecular weight is 396 g/mol. The number of amides is 2. The molecule has 0 spiro atoms. The van der Waals surface area contributed by atoms with Crippen LogP contribution in [0.2, 0.25) is 0 Å². The Bertz CT molecular complexity index is 1010. The molecule has 0 aliphatic carbocycles. The largest absolute Gasteiger partial charge is 0.338 e.